The van der Waals surface area contributed by atoms with Crippen LogP contribution in [0.15, 0.2) is 50.7 Å². The summed E-state index contributed by atoms with van der Waals surface area (Å²) in [7, 11) is 0. The number of aromatic nitrogens is 1. The lowest BCUT2D eigenvalue weighted by Crippen LogP contribution is -2.17. The third kappa shape index (κ3) is 5.14. The summed E-state index contributed by atoms with van der Waals surface area (Å²) < 4.78 is 7.33. The van der Waals surface area contributed by atoms with Crippen molar-refractivity contribution in [1.29, 1.82) is 0 Å². The molecule has 0 saturated heterocycles. The molecule has 1 aromatic carbocycles. The summed E-state index contributed by atoms with van der Waals surface area (Å²) in [6.45, 7) is 3.92. The fraction of sp³-hybridized carbons (Fsp3) is 0.188. The molecule has 2 rings (SSSR count). The van der Waals surface area contributed by atoms with Crippen molar-refractivity contribution in [3.63, 3.8) is 0 Å². The summed E-state index contributed by atoms with van der Waals surface area (Å²) in [5.74, 6) is 0.420. The van der Waals surface area contributed by atoms with Gasteiger partial charge in [-0.15, -0.1) is 0 Å². The monoisotopic (exact) mass is 439 g/mol. The van der Waals surface area contributed by atoms with Crippen LogP contribution in [0, 0.1) is 0 Å². The van der Waals surface area contributed by atoms with Gasteiger partial charge in [-0.1, -0.05) is 0 Å². The van der Waals surface area contributed by atoms with E-state index in [1.54, 1.807) is 24.5 Å². The van der Waals surface area contributed by atoms with Gasteiger partial charge in [0.25, 0.3) is 5.91 Å². The van der Waals surface area contributed by atoms with Gasteiger partial charge in [-0.3, -0.25) is 9.78 Å². The van der Waals surface area contributed by atoms with Crippen molar-refractivity contribution in [2.24, 2.45) is 5.10 Å². The second kappa shape index (κ2) is 8.21. The number of benzene rings is 1. The summed E-state index contributed by atoms with van der Waals surface area (Å²) in [6, 6.07) is 7.09. The number of pyridine rings is 1. The highest BCUT2D eigenvalue weighted by Gasteiger charge is 2.10. The van der Waals surface area contributed by atoms with Crippen molar-refractivity contribution in [2.75, 3.05) is 0 Å². The van der Waals surface area contributed by atoms with Crippen LogP contribution in [0.1, 0.15) is 29.8 Å². The topological polar surface area (TPSA) is 63.6 Å². The summed E-state index contributed by atoms with van der Waals surface area (Å²) >= 11 is 6.94. The van der Waals surface area contributed by atoms with E-state index >= 15 is 0 Å². The maximum atomic E-state index is 11.8. The molecule has 0 aliphatic carbocycles. The van der Waals surface area contributed by atoms with Gasteiger partial charge in [0, 0.05) is 12.4 Å². The molecule has 0 atom stereocenters. The van der Waals surface area contributed by atoms with Crippen molar-refractivity contribution >= 4 is 44.0 Å². The molecule has 1 amide bonds. The molecule has 2 aromatic rings. The fourth-order valence-corrected chi connectivity index (χ4v) is 3.14. The minimum absolute atomic E-state index is 0.0703. The highest BCUT2D eigenvalue weighted by atomic mass is 79.9. The van der Waals surface area contributed by atoms with E-state index in [0.29, 0.717) is 5.56 Å². The van der Waals surface area contributed by atoms with Crippen LogP contribution in [0.3, 0.4) is 0 Å². The van der Waals surface area contributed by atoms with E-state index in [1.807, 2.05) is 26.0 Å². The van der Waals surface area contributed by atoms with Gasteiger partial charge < -0.3 is 4.74 Å². The van der Waals surface area contributed by atoms with Crippen LogP contribution < -0.4 is 10.2 Å². The Labute approximate surface area is 151 Å². The second-order valence-corrected chi connectivity index (χ2v) is 6.63. The summed E-state index contributed by atoms with van der Waals surface area (Å²) in [4.78, 5) is 15.7. The average molecular weight is 441 g/mol. The Bertz CT molecular complexity index is 696. The van der Waals surface area contributed by atoms with Crippen molar-refractivity contribution < 1.29 is 9.53 Å². The minimum atomic E-state index is -0.313. The van der Waals surface area contributed by atoms with Crippen molar-refractivity contribution in [2.45, 2.75) is 20.0 Å². The van der Waals surface area contributed by atoms with E-state index < -0.39 is 0 Å². The first kappa shape index (κ1) is 17.6. The standard InChI is InChI=1S/C16H15Br2N3O2/c1-10(2)23-15-13(17)6-11(7-14(15)18)8-20-21-16(22)12-4-3-5-19-9-12/h3-10H,1-2H3,(H,21,22)/b20-8-. The zero-order valence-corrected chi connectivity index (χ0v) is 15.8. The van der Waals surface area contributed by atoms with Gasteiger partial charge >= 0.3 is 0 Å². The number of ether oxygens (including phenoxy) is 1. The summed E-state index contributed by atoms with van der Waals surface area (Å²) in [5, 5.41) is 3.96. The van der Waals surface area contributed by atoms with Gasteiger partial charge in [0.2, 0.25) is 0 Å². The van der Waals surface area contributed by atoms with Crippen LogP contribution in [0.5, 0.6) is 5.75 Å². The molecular formula is C16H15Br2N3O2. The van der Waals surface area contributed by atoms with Gasteiger partial charge in [-0.25, -0.2) is 5.43 Å². The summed E-state index contributed by atoms with van der Waals surface area (Å²) in [5.41, 5.74) is 3.72. The van der Waals surface area contributed by atoms with Gasteiger partial charge in [-0.05, 0) is 75.5 Å². The quantitative estimate of drug-likeness (QED) is 0.560. The van der Waals surface area contributed by atoms with Crippen LogP contribution >= 0.6 is 31.9 Å². The molecule has 1 heterocycles. The molecule has 0 radical (unpaired) electrons. The normalized spacial score (nSPS) is 11.0. The Kier molecular flexibility index (Phi) is 6.29. The van der Waals surface area contributed by atoms with E-state index in [-0.39, 0.29) is 12.0 Å². The third-order valence-corrected chi connectivity index (χ3v) is 3.86. The van der Waals surface area contributed by atoms with Crippen molar-refractivity contribution in [3.05, 3.63) is 56.7 Å². The lowest BCUT2D eigenvalue weighted by molar-refractivity contribution is 0.0955. The number of hydrogen-bond acceptors (Lipinski definition) is 4. The number of nitrogens with zero attached hydrogens (tertiary/aromatic N) is 2. The van der Waals surface area contributed by atoms with E-state index in [9.17, 15) is 4.79 Å². The van der Waals surface area contributed by atoms with Crippen LogP contribution in [-0.2, 0) is 0 Å². The van der Waals surface area contributed by atoms with Crippen LogP contribution in [0.4, 0.5) is 0 Å². The zero-order valence-electron chi connectivity index (χ0n) is 12.6. The van der Waals surface area contributed by atoms with Crippen LogP contribution in [-0.4, -0.2) is 23.2 Å². The molecule has 1 aromatic heterocycles. The van der Waals surface area contributed by atoms with E-state index in [4.69, 9.17) is 4.74 Å². The predicted octanol–water partition coefficient (Wildman–Crippen LogP) is 4.16. The Morgan fingerprint density at radius 1 is 1.35 bits per heavy atom. The second-order valence-electron chi connectivity index (χ2n) is 4.92. The minimum Gasteiger partial charge on any atom is -0.489 e. The van der Waals surface area contributed by atoms with E-state index in [0.717, 1.165) is 20.3 Å². The van der Waals surface area contributed by atoms with Gasteiger partial charge in [-0.2, -0.15) is 5.10 Å². The first-order valence-electron chi connectivity index (χ1n) is 6.86. The van der Waals surface area contributed by atoms with Crippen LogP contribution in [0.2, 0.25) is 0 Å². The summed E-state index contributed by atoms with van der Waals surface area (Å²) in [6.07, 6.45) is 4.72. The molecule has 7 heteroatoms. The van der Waals surface area contributed by atoms with Crippen molar-refractivity contribution in [3.8, 4) is 5.75 Å². The molecule has 120 valence electrons. The van der Waals surface area contributed by atoms with Crippen molar-refractivity contribution in [1.82, 2.24) is 10.4 Å². The van der Waals surface area contributed by atoms with Gasteiger partial charge in [0.15, 0.2) is 0 Å². The first-order valence-corrected chi connectivity index (χ1v) is 8.45. The number of amides is 1. The Hall–Kier alpha value is -1.73. The Morgan fingerprint density at radius 2 is 2.04 bits per heavy atom. The average Bonchev–Trinajstić information content (AvgIpc) is 2.51. The van der Waals surface area contributed by atoms with Crippen LogP contribution in [0.25, 0.3) is 0 Å². The first-order chi connectivity index (χ1) is 11.0. The highest BCUT2D eigenvalue weighted by Crippen LogP contribution is 2.35. The number of hydrazone groups is 1. The van der Waals surface area contributed by atoms with Gasteiger partial charge in [0.1, 0.15) is 5.75 Å². The highest BCUT2D eigenvalue weighted by molar-refractivity contribution is 9.11. The molecule has 0 spiro atoms. The number of nitrogens with one attached hydrogen (secondary N) is 1. The number of hydrogen-bond donors (Lipinski definition) is 1. The predicted molar refractivity (Wildman–Crippen MR) is 96.9 cm³/mol. The molecule has 0 bridgehead atoms. The van der Waals surface area contributed by atoms with Gasteiger partial charge in [0.05, 0.1) is 26.8 Å². The molecule has 1 N–H and O–H groups in total. The molecular weight excluding hydrogens is 426 g/mol. The number of carbonyl (C=O) groups excluding carboxylic acids is 1. The number of halogens is 2. The maximum absolute atomic E-state index is 11.8. The fourth-order valence-electron chi connectivity index (χ4n) is 1.73. The molecule has 23 heavy (non-hydrogen) atoms. The molecule has 0 unspecified atom stereocenters. The Balaban J connectivity index is 2.07. The molecule has 5 nitrogen and oxygen atoms in total. The third-order valence-electron chi connectivity index (χ3n) is 2.68. The lowest BCUT2D eigenvalue weighted by atomic mass is 10.2. The maximum Gasteiger partial charge on any atom is 0.272 e. The van der Waals surface area contributed by atoms with E-state index in [1.165, 1.54) is 6.20 Å². The van der Waals surface area contributed by atoms with E-state index in [2.05, 4.69) is 47.4 Å². The molecule has 0 fully saturated rings. The lowest BCUT2D eigenvalue weighted by Gasteiger charge is -2.13. The Morgan fingerprint density at radius 3 is 2.61 bits per heavy atom. The smallest absolute Gasteiger partial charge is 0.272 e. The molecule has 0 aliphatic heterocycles. The molecule has 0 aliphatic rings. The molecule has 0 saturated carbocycles. The SMILES string of the molecule is CC(C)Oc1c(Br)cc(/C=N\NC(=O)c2cccnc2)cc1Br. The zero-order chi connectivity index (χ0) is 16.8. The largest absolute Gasteiger partial charge is 0.489 e. The number of carbonyl (C=O) groups is 1. The number of rotatable bonds is 5.